The summed E-state index contributed by atoms with van der Waals surface area (Å²) in [6.07, 6.45) is 5.99. The fourth-order valence-electron chi connectivity index (χ4n) is 3.00. The van der Waals surface area contributed by atoms with Crippen molar-refractivity contribution >= 4 is 49.3 Å². The maximum absolute atomic E-state index is 3.76. The van der Waals surface area contributed by atoms with Crippen molar-refractivity contribution in [2.24, 2.45) is 0 Å². The molecule has 4 rings (SSSR count). The van der Waals surface area contributed by atoms with Gasteiger partial charge in [0.15, 0.2) is 0 Å². The van der Waals surface area contributed by atoms with Crippen LogP contribution in [0, 0.1) is 6.92 Å². The number of para-hydroxylation sites is 1. The van der Waals surface area contributed by atoms with Gasteiger partial charge in [0.05, 0.1) is 0 Å². The molecule has 102 valence electrons. The van der Waals surface area contributed by atoms with Gasteiger partial charge >= 0.3 is 0 Å². The largest absolute Gasteiger partial charge is 0.354 e. The summed E-state index contributed by atoms with van der Waals surface area (Å²) in [4.78, 5) is 4.86. The number of nitrogens with one attached hydrogen (secondary N) is 1. The molecule has 4 aromatic rings. The third-order valence-corrected chi connectivity index (χ3v) is 5.10. The number of hydrogen-bond donors (Lipinski definition) is 1. The van der Waals surface area contributed by atoms with E-state index in [1.54, 1.807) is 0 Å². The Morgan fingerprint density at radius 3 is 2.76 bits per heavy atom. The molecule has 0 aliphatic rings. The molecule has 0 atom stereocenters. The van der Waals surface area contributed by atoms with Gasteiger partial charge in [0.1, 0.15) is 0 Å². The molecule has 0 fully saturated rings. The topological polar surface area (TPSA) is 15.8 Å². The number of aromatic nitrogens is 1. The maximum atomic E-state index is 3.76. The number of fused-ring (bicyclic) bond motifs is 5. The van der Waals surface area contributed by atoms with Crippen molar-refractivity contribution in [2.45, 2.75) is 6.92 Å². The molecule has 0 aliphatic carbocycles. The van der Waals surface area contributed by atoms with E-state index in [0.717, 1.165) is 0 Å². The highest BCUT2D eigenvalue weighted by Crippen LogP contribution is 2.39. The predicted molar refractivity (Wildman–Crippen MR) is 95.2 cm³/mol. The molecule has 0 amide bonds. The second-order valence-corrected chi connectivity index (χ2v) is 6.43. The standard InChI is InChI=1S/C19H15NS/c1-3-4-7-13-12(2)21-19-14(13)10-11-17-18(19)15-8-5-6-9-16(15)20-17/h3-11,20H,1H2,2H3/b7-4-. The van der Waals surface area contributed by atoms with E-state index in [2.05, 4.69) is 61.0 Å². The molecule has 21 heavy (non-hydrogen) atoms. The number of hydrogen-bond acceptors (Lipinski definition) is 1. The van der Waals surface area contributed by atoms with Gasteiger partial charge in [-0.3, -0.25) is 0 Å². The molecule has 0 spiro atoms. The molecule has 0 bridgehead atoms. The van der Waals surface area contributed by atoms with Crippen LogP contribution in [-0.4, -0.2) is 4.98 Å². The zero-order valence-electron chi connectivity index (χ0n) is 11.8. The highest BCUT2D eigenvalue weighted by molar-refractivity contribution is 7.20. The number of aryl methyl sites for hydroxylation is 1. The SMILES string of the molecule is C=C/C=C\c1c(C)sc2c1ccc1[nH]c3ccccc3c12. The summed E-state index contributed by atoms with van der Waals surface area (Å²) in [5, 5.41) is 3.97. The van der Waals surface area contributed by atoms with Crippen LogP contribution in [0.4, 0.5) is 0 Å². The summed E-state index contributed by atoms with van der Waals surface area (Å²) in [6, 6.07) is 12.9. The van der Waals surface area contributed by atoms with Gasteiger partial charge in [0.25, 0.3) is 0 Å². The first-order valence-electron chi connectivity index (χ1n) is 7.01. The molecule has 0 saturated heterocycles. The zero-order valence-corrected chi connectivity index (χ0v) is 12.6. The Bertz CT molecular complexity index is 1010. The van der Waals surface area contributed by atoms with Crippen LogP contribution in [0.3, 0.4) is 0 Å². The van der Waals surface area contributed by atoms with Gasteiger partial charge in [-0.25, -0.2) is 0 Å². The average Bonchev–Trinajstić information content (AvgIpc) is 3.02. The predicted octanol–water partition coefficient (Wildman–Crippen LogP) is 6.04. The lowest BCUT2D eigenvalue weighted by Gasteiger charge is -1.96. The van der Waals surface area contributed by atoms with Gasteiger partial charge in [-0.1, -0.05) is 49.1 Å². The lowest BCUT2D eigenvalue weighted by atomic mass is 10.1. The second-order valence-electron chi connectivity index (χ2n) is 5.20. The number of thiophene rings is 1. The van der Waals surface area contributed by atoms with E-state index in [0.29, 0.717) is 0 Å². The van der Waals surface area contributed by atoms with Crippen molar-refractivity contribution in [1.29, 1.82) is 0 Å². The van der Waals surface area contributed by atoms with E-state index in [1.165, 1.54) is 42.3 Å². The maximum Gasteiger partial charge on any atom is 0.0479 e. The zero-order chi connectivity index (χ0) is 14.4. The van der Waals surface area contributed by atoms with Gasteiger partial charge < -0.3 is 4.98 Å². The summed E-state index contributed by atoms with van der Waals surface area (Å²) in [7, 11) is 0. The molecular weight excluding hydrogens is 274 g/mol. The molecule has 0 aliphatic heterocycles. The Balaban J connectivity index is 2.19. The average molecular weight is 289 g/mol. The van der Waals surface area contributed by atoms with E-state index in [4.69, 9.17) is 0 Å². The van der Waals surface area contributed by atoms with Gasteiger partial charge in [0, 0.05) is 36.8 Å². The molecular formula is C19H15NS. The van der Waals surface area contributed by atoms with Crippen LogP contribution >= 0.6 is 11.3 Å². The Hall–Kier alpha value is -2.32. The van der Waals surface area contributed by atoms with Gasteiger partial charge in [-0.05, 0) is 24.6 Å². The Morgan fingerprint density at radius 1 is 1.05 bits per heavy atom. The molecule has 1 N–H and O–H groups in total. The Morgan fingerprint density at radius 2 is 1.90 bits per heavy atom. The monoisotopic (exact) mass is 289 g/mol. The second kappa shape index (κ2) is 4.61. The van der Waals surface area contributed by atoms with E-state index in [-0.39, 0.29) is 0 Å². The van der Waals surface area contributed by atoms with E-state index in [9.17, 15) is 0 Å². The molecule has 0 radical (unpaired) electrons. The molecule has 1 nitrogen and oxygen atoms in total. The quantitative estimate of drug-likeness (QED) is 0.433. The van der Waals surface area contributed by atoms with Crippen LogP contribution in [0.15, 0.2) is 55.1 Å². The van der Waals surface area contributed by atoms with Crippen molar-refractivity contribution in [3.05, 3.63) is 65.6 Å². The molecule has 0 saturated carbocycles. The molecule has 2 heteroatoms. The number of H-pyrrole nitrogens is 1. The van der Waals surface area contributed by atoms with Crippen molar-refractivity contribution in [3.63, 3.8) is 0 Å². The van der Waals surface area contributed by atoms with Gasteiger partial charge in [0.2, 0.25) is 0 Å². The van der Waals surface area contributed by atoms with E-state index in [1.807, 2.05) is 23.5 Å². The third kappa shape index (κ3) is 1.76. The van der Waals surface area contributed by atoms with Gasteiger partial charge in [-0.15, -0.1) is 11.3 Å². The lowest BCUT2D eigenvalue weighted by molar-refractivity contribution is 1.55. The van der Waals surface area contributed by atoms with E-state index >= 15 is 0 Å². The fourth-order valence-corrected chi connectivity index (χ4v) is 4.20. The number of aromatic amines is 1. The van der Waals surface area contributed by atoms with Crippen molar-refractivity contribution < 1.29 is 0 Å². The smallest absolute Gasteiger partial charge is 0.0479 e. The summed E-state index contributed by atoms with van der Waals surface area (Å²) in [6.45, 7) is 5.95. The third-order valence-electron chi connectivity index (χ3n) is 3.95. The Kier molecular flexibility index (Phi) is 2.72. The van der Waals surface area contributed by atoms with Crippen LogP contribution in [0.25, 0.3) is 38.0 Å². The Labute approximate surface area is 127 Å². The summed E-state index contributed by atoms with van der Waals surface area (Å²) in [5.41, 5.74) is 3.72. The minimum atomic E-state index is 1.20. The summed E-state index contributed by atoms with van der Waals surface area (Å²) < 4.78 is 1.37. The highest BCUT2D eigenvalue weighted by Gasteiger charge is 2.13. The minimum Gasteiger partial charge on any atom is -0.354 e. The van der Waals surface area contributed by atoms with Crippen molar-refractivity contribution in [3.8, 4) is 0 Å². The molecule has 2 aromatic carbocycles. The van der Waals surface area contributed by atoms with Crippen LogP contribution in [0.5, 0.6) is 0 Å². The van der Waals surface area contributed by atoms with Crippen LogP contribution in [0.2, 0.25) is 0 Å². The normalized spacial score (nSPS) is 12.0. The van der Waals surface area contributed by atoms with Crippen molar-refractivity contribution in [2.75, 3.05) is 0 Å². The van der Waals surface area contributed by atoms with Crippen molar-refractivity contribution in [1.82, 2.24) is 4.98 Å². The number of rotatable bonds is 2. The number of allylic oxidation sites excluding steroid dienone is 2. The van der Waals surface area contributed by atoms with Crippen LogP contribution in [0.1, 0.15) is 10.4 Å². The number of benzene rings is 2. The minimum absolute atomic E-state index is 1.20. The van der Waals surface area contributed by atoms with E-state index < -0.39 is 0 Å². The van der Waals surface area contributed by atoms with Crippen LogP contribution in [-0.2, 0) is 0 Å². The molecule has 2 aromatic heterocycles. The van der Waals surface area contributed by atoms with Gasteiger partial charge in [-0.2, -0.15) is 0 Å². The summed E-state index contributed by atoms with van der Waals surface area (Å²) in [5.74, 6) is 0. The summed E-state index contributed by atoms with van der Waals surface area (Å²) >= 11 is 1.87. The molecule has 0 unspecified atom stereocenters. The lowest BCUT2D eigenvalue weighted by Crippen LogP contribution is -1.73. The first-order valence-corrected chi connectivity index (χ1v) is 7.83. The van der Waals surface area contributed by atoms with Crippen LogP contribution < -0.4 is 0 Å². The first-order chi connectivity index (χ1) is 10.3. The molecule has 2 heterocycles. The highest BCUT2D eigenvalue weighted by atomic mass is 32.1. The first kappa shape index (κ1) is 12.4. The fraction of sp³-hybridized carbons (Fsp3) is 0.0526.